The van der Waals surface area contributed by atoms with Gasteiger partial charge in [-0.3, -0.25) is 33.1 Å². The number of unbranched alkanes of at least 4 members (excludes halogenated alkanes) is 1. The fourth-order valence-corrected chi connectivity index (χ4v) is 14.3. The van der Waals surface area contributed by atoms with E-state index in [0.717, 1.165) is 36.3 Å². The van der Waals surface area contributed by atoms with Gasteiger partial charge in [-0.15, -0.1) is 11.3 Å². The molecule has 0 spiro atoms. The minimum atomic E-state index is -4.09. The zero-order valence-electron chi connectivity index (χ0n) is 48.8. The number of thiazole rings is 1. The minimum absolute atomic E-state index is 0.00876. The van der Waals surface area contributed by atoms with Crippen LogP contribution in [0.1, 0.15) is 159 Å². The Labute approximate surface area is 470 Å². The standard InChI is InChI=1S/C53H77N3O7S.C6H16O6P2/c1-12-36(6)50(55(9)53(61)42(35(4)5)31-47(59)37(7)34(2)3)48(62-10)32-49(60)56-28-20-26-44(56)51(63-11)38(8)46(58)30-41(29-40-23-17-14-18-24-40)52-54-43(33-64-52)45(57)27-19-25-39-21-15-13-16-22-39;1-3-4-5-13(7,8)12-14(9,10)6-11-2/h13-18,21-24,33-38,41-42,44,48,50-51H,12,19-20,25-32H2,1-11H3;3-6H2,1-2H3,(H,7,8)(H,9,10)/t36-,37-,38-,41+,42-,44-,48+,50?,51+;/m0./s1. The topological polar surface area (TPSA) is 216 Å². The van der Waals surface area contributed by atoms with Gasteiger partial charge in [0.15, 0.2) is 5.78 Å². The summed E-state index contributed by atoms with van der Waals surface area (Å²) in [7, 11) is -1.84. The predicted octanol–water partition coefficient (Wildman–Crippen LogP) is 11.9. The van der Waals surface area contributed by atoms with Gasteiger partial charge in [0, 0.05) is 83.2 Å². The molecule has 1 aromatic heterocycles. The second-order valence-corrected chi connectivity index (χ2v) is 26.7. The number of carbonyl (C=O) groups is 5. The number of ketones is 3. The third kappa shape index (κ3) is 21.6. The van der Waals surface area contributed by atoms with Gasteiger partial charge in [0.1, 0.15) is 23.6 Å². The molecule has 2 amide bonds. The van der Waals surface area contributed by atoms with Crippen LogP contribution in [-0.4, -0.2) is 125 Å². The van der Waals surface area contributed by atoms with Gasteiger partial charge in [0.25, 0.3) is 0 Å². The second-order valence-electron chi connectivity index (χ2n) is 21.9. The van der Waals surface area contributed by atoms with Crippen molar-refractivity contribution in [3.8, 4) is 0 Å². The highest BCUT2D eigenvalue weighted by Gasteiger charge is 2.43. The third-order valence-corrected chi connectivity index (χ3v) is 19.9. The molecule has 11 atom stereocenters. The van der Waals surface area contributed by atoms with Crippen molar-refractivity contribution in [1.82, 2.24) is 14.8 Å². The summed E-state index contributed by atoms with van der Waals surface area (Å²) in [5, 5.41) is 2.60. The molecule has 0 aliphatic carbocycles. The number of benzene rings is 2. The van der Waals surface area contributed by atoms with Crippen LogP contribution in [-0.2, 0) is 59.7 Å². The van der Waals surface area contributed by atoms with Gasteiger partial charge in [-0.1, -0.05) is 136 Å². The van der Waals surface area contributed by atoms with Crippen LogP contribution in [0.4, 0.5) is 0 Å². The summed E-state index contributed by atoms with van der Waals surface area (Å²) in [4.78, 5) is 96.3. The van der Waals surface area contributed by atoms with E-state index in [0.29, 0.717) is 44.3 Å². The fraction of sp³-hybridized carbons (Fsp3) is 0.661. The molecule has 78 heavy (non-hydrogen) atoms. The number of carbonyl (C=O) groups excluding carboxylic acids is 5. The van der Waals surface area contributed by atoms with E-state index in [1.54, 1.807) is 26.2 Å². The Kier molecular flexibility index (Phi) is 29.7. The van der Waals surface area contributed by atoms with Gasteiger partial charge in [0.05, 0.1) is 41.9 Å². The van der Waals surface area contributed by atoms with E-state index in [4.69, 9.17) is 24.2 Å². The van der Waals surface area contributed by atoms with Gasteiger partial charge >= 0.3 is 15.2 Å². The summed E-state index contributed by atoms with van der Waals surface area (Å²) in [5.74, 6) is -1.31. The van der Waals surface area contributed by atoms with E-state index >= 15 is 0 Å². The van der Waals surface area contributed by atoms with Gasteiger partial charge in [-0.2, -0.15) is 0 Å². The highest BCUT2D eigenvalue weighted by atomic mass is 32.1. The van der Waals surface area contributed by atoms with Crippen molar-refractivity contribution in [2.45, 2.75) is 170 Å². The summed E-state index contributed by atoms with van der Waals surface area (Å²) in [6.07, 6.45) is 4.62. The summed E-state index contributed by atoms with van der Waals surface area (Å²) < 4.78 is 43.2. The van der Waals surface area contributed by atoms with E-state index in [2.05, 4.69) is 47.2 Å². The normalized spacial score (nSPS) is 18.3. The molecule has 19 heteroatoms. The molecule has 0 radical (unpaired) electrons. The van der Waals surface area contributed by atoms with Crippen LogP contribution in [0.3, 0.4) is 0 Å². The van der Waals surface area contributed by atoms with E-state index in [9.17, 15) is 33.1 Å². The molecule has 0 saturated carbocycles. The Morgan fingerprint density at radius 3 is 1.96 bits per heavy atom. The fourth-order valence-electron chi connectivity index (χ4n) is 10.2. The number of hydrogen-bond acceptors (Lipinski definition) is 13. The van der Waals surface area contributed by atoms with E-state index in [1.165, 1.54) is 24.0 Å². The Hall–Kier alpha value is -3.76. The largest absolute Gasteiger partial charge is 0.379 e. The van der Waals surface area contributed by atoms with Crippen LogP contribution in [0, 0.1) is 35.5 Å². The number of aryl methyl sites for hydroxylation is 1. The number of Topliss-reactive ketones (excluding diaryl/α,β-unsaturated/α-hetero) is 3. The molecule has 2 aromatic carbocycles. The molecular weight excluding hydrogens is 1050 g/mol. The quantitative estimate of drug-likeness (QED) is 0.0420. The first-order chi connectivity index (χ1) is 36.8. The zero-order valence-corrected chi connectivity index (χ0v) is 51.4. The van der Waals surface area contributed by atoms with E-state index in [-0.39, 0.29) is 90.2 Å². The number of hydrogen-bond donors (Lipinski definition) is 2. The maximum Gasteiger partial charge on any atom is 0.360 e. The monoisotopic (exact) mass is 1150 g/mol. The average molecular weight is 1150 g/mol. The number of rotatable bonds is 34. The number of nitrogens with zero attached hydrogens (tertiary/aromatic N) is 3. The molecule has 0 bridgehead atoms. The number of aromatic nitrogens is 1. The molecule has 3 unspecified atom stereocenters. The molecule has 1 aliphatic rings. The first kappa shape index (κ1) is 68.5. The highest BCUT2D eigenvalue weighted by Crippen LogP contribution is 2.59. The molecule has 2 N–H and O–H groups in total. The Morgan fingerprint density at radius 1 is 0.795 bits per heavy atom. The number of likely N-dealkylation sites (tertiary alicyclic amines) is 1. The number of amides is 2. The molecule has 1 fully saturated rings. The molecule has 2 heterocycles. The first-order valence-electron chi connectivity index (χ1n) is 27.9. The van der Waals surface area contributed by atoms with Crippen molar-refractivity contribution in [3.63, 3.8) is 0 Å². The molecule has 16 nitrogen and oxygen atoms in total. The predicted molar refractivity (Wildman–Crippen MR) is 309 cm³/mol. The van der Waals surface area contributed by atoms with Crippen LogP contribution in [0.25, 0.3) is 0 Å². The van der Waals surface area contributed by atoms with Crippen molar-refractivity contribution in [1.29, 1.82) is 0 Å². The lowest BCUT2D eigenvalue weighted by atomic mass is 9.82. The van der Waals surface area contributed by atoms with Crippen molar-refractivity contribution < 1.29 is 61.4 Å². The van der Waals surface area contributed by atoms with Crippen LogP contribution in [0.15, 0.2) is 66.0 Å². The van der Waals surface area contributed by atoms with Gasteiger partial charge in [-0.25, -0.2) is 9.29 Å². The van der Waals surface area contributed by atoms with Crippen LogP contribution >= 0.6 is 26.5 Å². The van der Waals surface area contributed by atoms with Gasteiger partial charge in [-0.05, 0) is 67.4 Å². The Balaban J connectivity index is 0.000000998. The summed E-state index contributed by atoms with van der Waals surface area (Å²) in [5.41, 5.74) is 2.74. The molecule has 438 valence electrons. The van der Waals surface area contributed by atoms with Crippen molar-refractivity contribution in [2.75, 3.05) is 47.4 Å². The van der Waals surface area contributed by atoms with E-state index < -0.39 is 51.6 Å². The molecule has 1 saturated heterocycles. The molecular formula is C59H93N3O13P2S. The van der Waals surface area contributed by atoms with Gasteiger partial charge in [0.2, 0.25) is 11.8 Å². The SMILES string of the molecule is CCCCP(=O)(O)OP(=O)(O)COC.CC[C@H](C)C([C@@H](CC(=O)N1CCC[C@H]1[C@H](OC)[C@@H](C)C(=O)C[C@@H](Cc1ccccc1)c1nc(C(=O)CCCc2ccccc2)cs1)OC)N(C)C(=O)[C@@H](CC(=O)[C@@H](C)C(C)C)C(C)C. The minimum Gasteiger partial charge on any atom is -0.379 e. The van der Waals surface area contributed by atoms with Crippen LogP contribution in [0.5, 0.6) is 0 Å². The zero-order chi connectivity index (χ0) is 58.3. The second kappa shape index (κ2) is 33.9. The lowest BCUT2D eigenvalue weighted by Gasteiger charge is -2.41. The Bertz CT molecular complexity index is 2410. The molecule has 1 aliphatic heterocycles. The lowest BCUT2D eigenvalue weighted by molar-refractivity contribution is -0.149. The first-order valence-corrected chi connectivity index (χ1v) is 32.3. The van der Waals surface area contributed by atoms with Crippen LogP contribution in [0.2, 0.25) is 0 Å². The average Bonchev–Trinajstić information content (AvgIpc) is 4.12. The summed E-state index contributed by atoms with van der Waals surface area (Å²) >= 11 is 1.44. The summed E-state index contributed by atoms with van der Waals surface area (Å²) in [6, 6.07) is 19.5. The maximum atomic E-state index is 14.5. The number of ether oxygens (including phenoxy) is 3. The molecule has 3 aromatic rings. The third-order valence-electron chi connectivity index (χ3n) is 15.4. The summed E-state index contributed by atoms with van der Waals surface area (Å²) in [6.45, 7) is 18.4. The maximum absolute atomic E-state index is 14.5. The number of methoxy groups -OCH3 is 3. The van der Waals surface area contributed by atoms with Crippen molar-refractivity contribution >= 4 is 55.7 Å². The van der Waals surface area contributed by atoms with Crippen molar-refractivity contribution in [2.24, 2.45) is 35.5 Å². The van der Waals surface area contributed by atoms with E-state index in [1.807, 2.05) is 95.1 Å². The lowest BCUT2D eigenvalue weighted by Crippen LogP contribution is -2.54. The molecule has 4 rings (SSSR count). The number of likely N-dealkylation sites (N-methyl/N-ethyl adjacent to an activating group) is 1. The Morgan fingerprint density at radius 2 is 1.41 bits per heavy atom. The van der Waals surface area contributed by atoms with Crippen molar-refractivity contribution in [3.05, 3.63) is 87.9 Å². The highest BCUT2D eigenvalue weighted by molar-refractivity contribution is 7.66. The smallest absolute Gasteiger partial charge is 0.360 e. The van der Waals surface area contributed by atoms with Gasteiger partial charge < -0.3 is 33.8 Å². The van der Waals surface area contributed by atoms with Crippen LogP contribution < -0.4 is 0 Å².